The summed E-state index contributed by atoms with van der Waals surface area (Å²) in [7, 11) is 0. The van der Waals surface area contributed by atoms with Crippen LogP contribution in [-0.4, -0.2) is 49.3 Å². The zero-order valence-electron chi connectivity index (χ0n) is 19.9. The molecule has 4 nitrogen and oxygen atoms in total. The van der Waals surface area contributed by atoms with Crippen molar-refractivity contribution in [1.82, 2.24) is 4.90 Å². The molecule has 0 radical (unpaired) electrons. The molecule has 172 valence electrons. The van der Waals surface area contributed by atoms with E-state index in [9.17, 15) is 9.59 Å². The van der Waals surface area contributed by atoms with Gasteiger partial charge < -0.3 is 4.74 Å². The highest BCUT2D eigenvalue weighted by Crippen LogP contribution is 2.72. The van der Waals surface area contributed by atoms with Crippen LogP contribution in [-0.2, 0) is 14.3 Å². The number of carbonyl (C=O) groups excluding carboxylic acids is 2. The number of Topliss-reactive ketones (excluding diaryl/α,β-unsaturated/α-hetero) is 2. The van der Waals surface area contributed by atoms with Gasteiger partial charge in [0.25, 0.3) is 0 Å². The molecule has 4 heteroatoms. The average molecular weight is 428 g/mol. The minimum atomic E-state index is -0.776. The van der Waals surface area contributed by atoms with Gasteiger partial charge in [-0.2, -0.15) is 0 Å². The molecular weight excluding hydrogens is 386 g/mol. The number of hydrogen-bond donors (Lipinski definition) is 0. The molecule has 1 aliphatic heterocycles. The van der Waals surface area contributed by atoms with E-state index in [2.05, 4.69) is 32.3 Å². The zero-order valence-corrected chi connectivity index (χ0v) is 19.9. The van der Waals surface area contributed by atoms with Gasteiger partial charge in [0.05, 0.1) is 18.6 Å². The summed E-state index contributed by atoms with van der Waals surface area (Å²) in [6, 6.07) is 0. The van der Waals surface area contributed by atoms with E-state index in [-0.39, 0.29) is 28.4 Å². The van der Waals surface area contributed by atoms with Crippen molar-refractivity contribution in [2.24, 2.45) is 39.9 Å². The molecule has 5 aliphatic carbocycles. The van der Waals surface area contributed by atoms with E-state index < -0.39 is 5.41 Å². The minimum absolute atomic E-state index is 0.0362. The molecule has 1 saturated heterocycles. The SMILES string of the molecule is C=C1C(=O)[C@]23CC[C@H]1CC2[C@]1(CC)CCC[C@@](C)(CC)C1[C@H](CN1CCOCC1)C3=O. The summed E-state index contributed by atoms with van der Waals surface area (Å²) in [6.45, 7) is 15.5. The zero-order chi connectivity index (χ0) is 22.0. The van der Waals surface area contributed by atoms with Crippen LogP contribution in [0.1, 0.15) is 72.1 Å². The Morgan fingerprint density at radius 3 is 2.52 bits per heavy atom. The molecular formula is C27H41NO3. The third kappa shape index (κ3) is 2.79. The monoisotopic (exact) mass is 427 g/mol. The van der Waals surface area contributed by atoms with E-state index in [1.165, 1.54) is 19.3 Å². The number of morpholine rings is 1. The molecule has 2 unspecified atom stereocenters. The lowest BCUT2D eigenvalue weighted by molar-refractivity contribution is -0.206. The Labute approximate surface area is 188 Å². The van der Waals surface area contributed by atoms with Crippen molar-refractivity contribution in [1.29, 1.82) is 0 Å². The fourth-order valence-corrected chi connectivity index (χ4v) is 9.25. The highest BCUT2D eigenvalue weighted by molar-refractivity contribution is 6.17. The first-order valence-corrected chi connectivity index (χ1v) is 12.9. The van der Waals surface area contributed by atoms with E-state index in [1.54, 1.807) is 0 Å². The second-order valence-corrected chi connectivity index (χ2v) is 11.7. The number of ether oxygens (including phenoxy) is 1. The van der Waals surface area contributed by atoms with E-state index in [1.807, 2.05) is 0 Å². The Morgan fingerprint density at radius 1 is 1.10 bits per heavy atom. The first-order chi connectivity index (χ1) is 14.8. The van der Waals surface area contributed by atoms with Crippen molar-refractivity contribution >= 4 is 11.6 Å². The molecule has 31 heavy (non-hydrogen) atoms. The molecule has 6 fully saturated rings. The predicted molar refractivity (Wildman–Crippen MR) is 122 cm³/mol. The van der Waals surface area contributed by atoms with Crippen molar-refractivity contribution in [2.45, 2.75) is 72.1 Å². The van der Waals surface area contributed by atoms with Crippen molar-refractivity contribution in [3.8, 4) is 0 Å². The Kier molecular flexibility index (Phi) is 5.29. The van der Waals surface area contributed by atoms with Gasteiger partial charge in [0, 0.05) is 25.6 Å². The lowest BCUT2D eigenvalue weighted by Crippen LogP contribution is -2.71. The molecule has 0 amide bonds. The van der Waals surface area contributed by atoms with Gasteiger partial charge in [0.1, 0.15) is 0 Å². The largest absolute Gasteiger partial charge is 0.379 e. The van der Waals surface area contributed by atoms with E-state index in [0.717, 1.165) is 70.5 Å². The summed E-state index contributed by atoms with van der Waals surface area (Å²) >= 11 is 0. The van der Waals surface area contributed by atoms with Crippen LogP contribution in [0.4, 0.5) is 0 Å². The first-order valence-electron chi connectivity index (χ1n) is 12.9. The standard InChI is InChI=1S/C27H41NO3/c1-5-25(4)9-7-10-26(6-2)21-16-19-8-11-27(21,23(29)18(19)3)24(30)20(22(25)26)17-28-12-14-31-15-13-28/h19-22H,3,5-17H2,1-2,4H3/t19-,20-,21?,22?,25+,26-,27-/m0/s1. The number of fused-ring (bicyclic) bond motifs is 3. The summed E-state index contributed by atoms with van der Waals surface area (Å²) in [5.41, 5.74) is 0.281. The number of ketones is 2. The van der Waals surface area contributed by atoms with Gasteiger partial charge in [-0.05, 0) is 72.7 Å². The molecule has 5 saturated carbocycles. The minimum Gasteiger partial charge on any atom is -0.379 e. The molecule has 0 aromatic rings. The lowest BCUT2D eigenvalue weighted by Gasteiger charge is -2.69. The van der Waals surface area contributed by atoms with Gasteiger partial charge in [0.15, 0.2) is 11.6 Å². The molecule has 1 heterocycles. The van der Waals surface area contributed by atoms with Gasteiger partial charge in [-0.1, -0.05) is 40.2 Å². The molecule has 6 aliphatic rings. The molecule has 6 rings (SSSR count). The number of rotatable bonds is 4. The molecule has 1 spiro atoms. The topological polar surface area (TPSA) is 46.6 Å². The van der Waals surface area contributed by atoms with Crippen LogP contribution in [0.2, 0.25) is 0 Å². The van der Waals surface area contributed by atoms with Crippen LogP contribution in [0.15, 0.2) is 12.2 Å². The number of allylic oxidation sites excluding steroid dienone is 1. The normalized spacial score (nSPS) is 47.9. The summed E-state index contributed by atoms with van der Waals surface area (Å²) in [6.07, 6.45) is 8.63. The third-order valence-corrected chi connectivity index (χ3v) is 10.8. The van der Waals surface area contributed by atoms with Crippen molar-refractivity contribution in [3.05, 3.63) is 12.2 Å². The van der Waals surface area contributed by atoms with Crippen molar-refractivity contribution in [3.63, 3.8) is 0 Å². The van der Waals surface area contributed by atoms with Gasteiger partial charge in [0.2, 0.25) is 0 Å². The van der Waals surface area contributed by atoms with Crippen molar-refractivity contribution in [2.75, 3.05) is 32.8 Å². The van der Waals surface area contributed by atoms with Gasteiger partial charge >= 0.3 is 0 Å². The van der Waals surface area contributed by atoms with Crippen LogP contribution < -0.4 is 0 Å². The van der Waals surface area contributed by atoms with Crippen molar-refractivity contribution < 1.29 is 14.3 Å². The van der Waals surface area contributed by atoms with Gasteiger partial charge in [-0.15, -0.1) is 0 Å². The number of hydrogen-bond acceptors (Lipinski definition) is 4. The first kappa shape index (κ1) is 21.8. The molecule has 7 atom stereocenters. The fraction of sp³-hybridized carbons (Fsp3) is 0.852. The summed E-state index contributed by atoms with van der Waals surface area (Å²) in [4.78, 5) is 30.8. The second kappa shape index (κ2) is 7.52. The van der Waals surface area contributed by atoms with Gasteiger partial charge in [-0.3, -0.25) is 14.5 Å². The highest BCUT2D eigenvalue weighted by atomic mass is 16.5. The predicted octanol–water partition coefficient (Wildman–Crippen LogP) is 4.67. The van der Waals surface area contributed by atoms with Gasteiger partial charge in [-0.25, -0.2) is 0 Å². The maximum absolute atomic E-state index is 14.6. The summed E-state index contributed by atoms with van der Waals surface area (Å²) in [5, 5.41) is 0. The second-order valence-electron chi connectivity index (χ2n) is 11.7. The molecule has 0 N–H and O–H groups in total. The summed E-state index contributed by atoms with van der Waals surface area (Å²) in [5.74, 6) is 1.31. The smallest absolute Gasteiger partial charge is 0.172 e. The van der Waals surface area contributed by atoms with Crippen LogP contribution >= 0.6 is 0 Å². The quantitative estimate of drug-likeness (QED) is 0.483. The Morgan fingerprint density at radius 2 is 1.84 bits per heavy atom. The Hall–Kier alpha value is -1.00. The number of carbonyl (C=O) groups is 2. The van der Waals surface area contributed by atoms with Crippen LogP contribution in [0.5, 0.6) is 0 Å². The Balaban J connectivity index is 1.65. The lowest BCUT2D eigenvalue weighted by atomic mass is 9.33. The maximum Gasteiger partial charge on any atom is 0.172 e. The fourth-order valence-electron chi connectivity index (χ4n) is 9.25. The maximum atomic E-state index is 14.6. The van der Waals surface area contributed by atoms with E-state index >= 15 is 0 Å². The highest BCUT2D eigenvalue weighted by Gasteiger charge is 2.73. The molecule has 2 bridgehead atoms. The van der Waals surface area contributed by atoms with Crippen LogP contribution in [0.3, 0.4) is 0 Å². The summed E-state index contributed by atoms with van der Waals surface area (Å²) < 4.78 is 5.60. The van der Waals surface area contributed by atoms with E-state index in [4.69, 9.17) is 4.74 Å². The molecule has 0 aromatic carbocycles. The van der Waals surface area contributed by atoms with Crippen LogP contribution in [0, 0.1) is 39.9 Å². The third-order valence-electron chi connectivity index (χ3n) is 10.8. The van der Waals surface area contributed by atoms with E-state index in [0.29, 0.717) is 17.6 Å². The molecule has 0 aromatic heterocycles. The Bertz CT molecular complexity index is 785. The average Bonchev–Trinajstić information content (AvgIpc) is 2.80. The number of nitrogens with zero attached hydrogens (tertiary/aromatic N) is 1. The van der Waals surface area contributed by atoms with Crippen LogP contribution in [0.25, 0.3) is 0 Å².